The average molecular weight is 197 g/mol. The van der Waals surface area contributed by atoms with Crippen molar-refractivity contribution < 1.29 is 14.7 Å². The van der Waals surface area contributed by atoms with E-state index in [2.05, 4.69) is 5.32 Å². The van der Waals surface area contributed by atoms with Gasteiger partial charge in [0.05, 0.1) is 5.92 Å². The van der Waals surface area contributed by atoms with Crippen molar-refractivity contribution in [3.05, 3.63) is 0 Å². The number of hydrogen-bond acceptors (Lipinski definition) is 2. The second-order valence-electron chi connectivity index (χ2n) is 3.99. The van der Waals surface area contributed by atoms with Gasteiger partial charge in [-0.05, 0) is 31.6 Å². The second-order valence-corrected chi connectivity index (χ2v) is 3.99. The van der Waals surface area contributed by atoms with Crippen LogP contribution in [0.4, 0.5) is 4.79 Å². The summed E-state index contributed by atoms with van der Waals surface area (Å²) < 4.78 is 0. The van der Waals surface area contributed by atoms with Gasteiger partial charge in [0.2, 0.25) is 7.85 Å². The molecule has 5 heteroatoms. The molecule has 1 saturated carbocycles. The van der Waals surface area contributed by atoms with Crippen molar-refractivity contribution in [2.45, 2.75) is 25.7 Å². The van der Waals surface area contributed by atoms with Gasteiger partial charge in [0.25, 0.3) is 0 Å². The fraction of sp³-hybridized carbons (Fsp3) is 0.778. The van der Waals surface area contributed by atoms with E-state index < -0.39 is 5.97 Å². The Balaban J connectivity index is 2.22. The molecule has 2 N–H and O–H groups in total. The lowest BCUT2D eigenvalue weighted by Crippen LogP contribution is -2.31. The first-order chi connectivity index (χ1) is 6.59. The summed E-state index contributed by atoms with van der Waals surface area (Å²) >= 11 is 0. The molecule has 0 aromatic heterocycles. The Labute approximate surface area is 84.5 Å². The topological polar surface area (TPSA) is 66.4 Å². The molecule has 0 bridgehead atoms. The highest BCUT2D eigenvalue weighted by Gasteiger charge is 2.25. The molecule has 0 aromatic carbocycles. The maximum Gasteiger partial charge on any atom is 0.306 e. The van der Waals surface area contributed by atoms with E-state index in [9.17, 15) is 9.59 Å². The van der Waals surface area contributed by atoms with Crippen LogP contribution in [-0.2, 0) is 4.79 Å². The lowest BCUT2D eigenvalue weighted by atomic mass is 9.82. The third-order valence-electron chi connectivity index (χ3n) is 2.84. The van der Waals surface area contributed by atoms with Gasteiger partial charge < -0.3 is 10.4 Å². The smallest absolute Gasteiger partial charge is 0.306 e. The zero-order valence-electron chi connectivity index (χ0n) is 8.45. The summed E-state index contributed by atoms with van der Waals surface area (Å²) in [7, 11) is 1.50. The molecule has 0 aromatic rings. The van der Waals surface area contributed by atoms with Crippen LogP contribution >= 0.6 is 0 Å². The number of nitrogens with one attached hydrogen (secondary N) is 1. The molecule has 1 rings (SSSR count). The summed E-state index contributed by atoms with van der Waals surface area (Å²) in [5.74, 6) is -0.383. The standard InChI is InChI=1S/C9H16BNO3/c10-9(14)11-5-6-1-3-7(4-2-6)8(12)13/h6-7H,1-5,10H2,(H,11,14)(H,12,13). The van der Waals surface area contributed by atoms with Crippen molar-refractivity contribution >= 4 is 19.6 Å². The summed E-state index contributed by atoms with van der Waals surface area (Å²) in [5, 5.41) is 11.5. The SMILES string of the molecule is BC(=O)NCC1CCC(C(=O)O)CC1. The molecular weight excluding hydrogens is 181 g/mol. The molecule has 14 heavy (non-hydrogen) atoms. The lowest BCUT2D eigenvalue weighted by molar-refractivity contribution is -0.143. The minimum atomic E-state index is -0.678. The van der Waals surface area contributed by atoms with Crippen LogP contribution in [0, 0.1) is 11.8 Å². The highest BCUT2D eigenvalue weighted by atomic mass is 16.4. The van der Waals surface area contributed by atoms with Gasteiger partial charge in [0, 0.05) is 6.54 Å². The van der Waals surface area contributed by atoms with Gasteiger partial charge in [-0.1, -0.05) is 0 Å². The van der Waals surface area contributed by atoms with E-state index in [1.165, 1.54) is 7.85 Å². The van der Waals surface area contributed by atoms with Crippen LogP contribution < -0.4 is 5.32 Å². The van der Waals surface area contributed by atoms with Crippen LogP contribution in [0.1, 0.15) is 25.7 Å². The minimum absolute atomic E-state index is 0.00893. The van der Waals surface area contributed by atoms with Crippen LogP contribution in [0.5, 0.6) is 0 Å². The number of amides is 1. The largest absolute Gasteiger partial charge is 0.481 e. The molecule has 0 saturated heterocycles. The summed E-state index contributed by atoms with van der Waals surface area (Å²) in [6, 6.07) is 0. The van der Waals surface area contributed by atoms with Crippen molar-refractivity contribution in [2.24, 2.45) is 11.8 Å². The van der Waals surface area contributed by atoms with Gasteiger partial charge in [-0.25, -0.2) is 0 Å². The maximum atomic E-state index is 10.7. The fourth-order valence-electron chi connectivity index (χ4n) is 1.90. The molecule has 0 aliphatic heterocycles. The van der Waals surface area contributed by atoms with Gasteiger partial charge in [-0.2, -0.15) is 0 Å². The summed E-state index contributed by atoms with van der Waals surface area (Å²) in [6.07, 6.45) is 3.33. The Morgan fingerprint density at radius 3 is 2.29 bits per heavy atom. The molecule has 0 atom stereocenters. The minimum Gasteiger partial charge on any atom is -0.481 e. The van der Waals surface area contributed by atoms with Crippen molar-refractivity contribution in [1.29, 1.82) is 0 Å². The molecular formula is C9H16BNO3. The van der Waals surface area contributed by atoms with E-state index in [0.717, 1.165) is 25.7 Å². The molecule has 1 aliphatic rings. The van der Waals surface area contributed by atoms with E-state index in [4.69, 9.17) is 5.11 Å². The fourth-order valence-corrected chi connectivity index (χ4v) is 1.90. The number of aliphatic carboxylic acids is 1. The zero-order valence-corrected chi connectivity index (χ0v) is 8.45. The molecule has 1 fully saturated rings. The molecule has 1 aliphatic carbocycles. The summed E-state index contributed by atoms with van der Waals surface area (Å²) in [5.41, 5.74) is 0. The van der Waals surface area contributed by atoms with Crippen molar-refractivity contribution in [1.82, 2.24) is 5.32 Å². The van der Waals surface area contributed by atoms with Crippen LogP contribution in [-0.4, -0.2) is 31.3 Å². The quantitative estimate of drug-likeness (QED) is 0.636. The predicted molar refractivity (Wildman–Crippen MR) is 55.0 cm³/mol. The number of rotatable bonds is 3. The van der Waals surface area contributed by atoms with Crippen molar-refractivity contribution in [3.8, 4) is 0 Å². The number of carbonyl (C=O) groups excluding carboxylic acids is 1. The maximum absolute atomic E-state index is 10.7. The third-order valence-corrected chi connectivity index (χ3v) is 2.84. The highest BCUT2D eigenvalue weighted by molar-refractivity contribution is 6.57. The van der Waals surface area contributed by atoms with Gasteiger partial charge in [0.1, 0.15) is 0 Å². The van der Waals surface area contributed by atoms with E-state index in [1.807, 2.05) is 0 Å². The van der Waals surface area contributed by atoms with E-state index in [0.29, 0.717) is 12.5 Å². The highest BCUT2D eigenvalue weighted by Crippen LogP contribution is 2.28. The zero-order chi connectivity index (χ0) is 10.6. The number of carboxylic acids is 1. The van der Waals surface area contributed by atoms with E-state index in [1.54, 1.807) is 0 Å². The van der Waals surface area contributed by atoms with Crippen LogP contribution in [0.25, 0.3) is 0 Å². The second kappa shape index (κ2) is 5.03. The normalized spacial score (nSPS) is 26.9. The summed E-state index contributed by atoms with van der Waals surface area (Å²) in [4.78, 5) is 21.3. The van der Waals surface area contributed by atoms with E-state index in [-0.39, 0.29) is 11.7 Å². The first-order valence-electron chi connectivity index (χ1n) is 5.07. The van der Waals surface area contributed by atoms with Crippen LogP contribution in [0.15, 0.2) is 0 Å². The Morgan fingerprint density at radius 2 is 1.86 bits per heavy atom. The molecule has 4 nitrogen and oxygen atoms in total. The Kier molecular flexibility index (Phi) is 3.98. The van der Waals surface area contributed by atoms with Gasteiger partial charge in [0.15, 0.2) is 5.81 Å². The van der Waals surface area contributed by atoms with Gasteiger partial charge >= 0.3 is 5.97 Å². The molecule has 0 spiro atoms. The van der Waals surface area contributed by atoms with Crippen molar-refractivity contribution in [3.63, 3.8) is 0 Å². The number of carboxylic acid groups (broad SMARTS) is 1. The first-order valence-corrected chi connectivity index (χ1v) is 5.07. The Bertz CT molecular complexity index is 224. The monoisotopic (exact) mass is 197 g/mol. The third kappa shape index (κ3) is 3.40. The number of hydrogen-bond donors (Lipinski definition) is 2. The number of carbonyl (C=O) groups is 2. The first kappa shape index (κ1) is 11.1. The lowest BCUT2D eigenvalue weighted by Gasteiger charge is -2.25. The Hall–Kier alpha value is -0.995. The van der Waals surface area contributed by atoms with Crippen LogP contribution in [0.3, 0.4) is 0 Å². The Morgan fingerprint density at radius 1 is 1.29 bits per heavy atom. The van der Waals surface area contributed by atoms with Gasteiger partial charge in [-0.3, -0.25) is 9.59 Å². The molecule has 78 valence electrons. The van der Waals surface area contributed by atoms with Gasteiger partial charge in [-0.15, -0.1) is 0 Å². The molecule has 1 amide bonds. The van der Waals surface area contributed by atoms with Crippen LogP contribution in [0.2, 0.25) is 0 Å². The average Bonchev–Trinajstić information content (AvgIpc) is 2.15. The molecule has 0 unspecified atom stereocenters. The van der Waals surface area contributed by atoms with E-state index >= 15 is 0 Å². The predicted octanol–water partition coefficient (Wildman–Crippen LogP) is 0.220. The summed E-state index contributed by atoms with van der Waals surface area (Å²) in [6.45, 7) is 0.696. The molecule has 0 radical (unpaired) electrons. The van der Waals surface area contributed by atoms with Crippen molar-refractivity contribution in [2.75, 3.05) is 6.54 Å². The molecule has 0 heterocycles.